The van der Waals surface area contributed by atoms with Crippen LogP contribution in [0.15, 0.2) is 18.2 Å². The third-order valence-electron chi connectivity index (χ3n) is 3.63. The van der Waals surface area contributed by atoms with Gasteiger partial charge in [0.05, 0.1) is 11.7 Å². The molecule has 1 fully saturated rings. The van der Waals surface area contributed by atoms with Crippen LogP contribution in [0.4, 0.5) is 5.69 Å². The molecule has 0 spiro atoms. The van der Waals surface area contributed by atoms with E-state index in [4.69, 9.17) is 9.47 Å². The minimum atomic E-state index is -0.0233. The Kier molecular flexibility index (Phi) is 4.59. The molecule has 0 bridgehead atoms. The van der Waals surface area contributed by atoms with E-state index in [1.54, 1.807) is 0 Å². The van der Waals surface area contributed by atoms with E-state index >= 15 is 0 Å². The fraction of sp³-hybridized carbons (Fsp3) is 0.647. The molecule has 112 valence electrons. The summed E-state index contributed by atoms with van der Waals surface area (Å²) < 4.78 is 11.5. The van der Waals surface area contributed by atoms with Gasteiger partial charge in [-0.3, -0.25) is 0 Å². The maximum Gasteiger partial charge on any atom is 0.120 e. The van der Waals surface area contributed by atoms with E-state index in [2.05, 4.69) is 38.2 Å². The first-order valence-electron chi connectivity index (χ1n) is 7.53. The Morgan fingerprint density at radius 3 is 2.70 bits per heavy atom. The lowest BCUT2D eigenvalue weighted by Crippen LogP contribution is -2.40. The SMILES string of the molecule is Cc1cc(OC(C)C)ccc1NC1CCOC(C)(C)C1. The third kappa shape index (κ3) is 4.14. The van der Waals surface area contributed by atoms with Crippen molar-refractivity contribution in [3.63, 3.8) is 0 Å². The Balaban J connectivity index is 2.02. The van der Waals surface area contributed by atoms with Gasteiger partial charge >= 0.3 is 0 Å². The van der Waals surface area contributed by atoms with Crippen molar-refractivity contribution in [3.05, 3.63) is 23.8 Å². The molecule has 2 rings (SSSR count). The topological polar surface area (TPSA) is 30.5 Å². The lowest BCUT2D eigenvalue weighted by atomic mass is 9.93. The average molecular weight is 277 g/mol. The molecule has 0 amide bonds. The van der Waals surface area contributed by atoms with Crippen LogP contribution in [0.5, 0.6) is 5.75 Å². The largest absolute Gasteiger partial charge is 0.491 e. The van der Waals surface area contributed by atoms with Gasteiger partial charge in [0.1, 0.15) is 5.75 Å². The standard InChI is InChI=1S/C17H27NO2/c1-12(2)20-15-6-7-16(13(3)10-15)18-14-8-9-19-17(4,5)11-14/h6-7,10,12,14,18H,8-9,11H2,1-5H3. The first kappa shape index (κ1) is 15.2. The molecule has 1 aliphatic rings. The van der Waals surface area contributed by atoms with E-state index in [-0.39, 0.29) is 11.7 Å². The fourth-order valence-electron chi connectivity index (χ4n) is 2.72. The van der Waals surface area contributed by atoms with Crippen LogP contribution >= 0.6 is 0 Å². The molecule has 0 radical (unpaired) electrons. The maximum atomic E-state index is 5.77. The molecular weight excluding hydrogens is 250 g/mol. The van der Waals surface area contributed by atoms with Gasteiger partial charge in [-0.25, -0.2) is 0 Å². The number of aryl methyl sites for hydroxylation is 1. The molecular formula is C17H27NO2. The van der Waals surface area contributed by atoms with Crippen LogP contribution in [0.25, 0.3) is 0 Å². The molecule has 0 aromatic heterocycles. The van der Waals surface area contributed by atoms with Crippen LogP contribution in [-0.4, -0.2) is 24.4 Å². The molecule has 0 saturated carbocycles. The van der Waals surface area contributed by atoms with Gasteiger partial charge in [-0.15, -0.1) is 0 Å². The van der Waals surface area contributed by atoms with Crippen LogP contribution < -0.4 is 10.1 Å². The van der Waals surface area contributed by atoms with Crippen LogP contribution in [0.2, 0.25) is 0 Å². The summed E-state index contributed by atoms with van der Waals surface area (Å²) in [6, 6.07) is 6.75. The summed E-state index contributed by atoms with van der Waals surface area (Å²) in [4.78, 5) is 0. The quantitative estimate of drug-likeness (QED) is 0.896. The summed E-state index contributed by atoms with van der Waals surface area (Å²) in [7, 11) is 0. The van der Waals surface area contributed by atoms with Crippen LogP contribution in [-0.2, 0) is 4.74 Å². The highest BCUT2D eigenvalue weighted by atomic mass is 16.5. The predicted octanol–water partition coefficient (Wildman–Crippen LogP) is 4.15. The molecule has 20 heavy (non-hydrogen) atoms. The molecule has 0 aliphatic carbocycles. The molecule has 1 unspecified atom stereocenters. The summed E-state index contributed by atoms with van der Waals surface area (Å²) in [5.74, 6) is 0.940. The van der Waals surface area contributed by atoms with E-state index < -0.39 is 0 Å². The molecule has 1 aromatic rings. The van der Waals surface area contributed by atoms with Gasteiger partial charge in [0.2, 0.25) is 0 Å². The van der Waals surface area contributed by atoms with Gasteiger partial charge < -0.3 is 14.8 Å². The number of ether oxygens (including phenoxy) is 2. The van der Waals surface area contributed by atoms with E-state index in [9.17, 15) is 0 Å². The number of hydrogen-bond donors (Lipinski definition) is 1. The average Bonchev–Trinajstić information content (AvgIpc) is 2.30. The zero-order valence-corrected chi connectivity index (χ0v) is 13.3. The molecule has 1 aromatic carbocycles. The number of rotatable bonds is 4. The van der Waals surface area contributed by atoms with Crippen molar-refractivity contribution in [2.75, 3.05) is 11.9 Å². The molecule has 1 N–H and O–H groups in total. The molecule has 3 nitrogen and oxygen atoms in total. The number of hydrogen-bond acceptors (Lipinski definition) is 3. The summed E-state index contributed by atoms with van der Waals surface area (Å²) in [6.45, 7) is 11.4. The smallest absolute Gasteiger partial charge is 0.120 e. The van der Waals surface area contributed by atoms with Gasteiger partial charge in [0.15, 0.2) is 0 Å². The Hall–Kier alpha value is -1.22. The van der Waals surface area contributed by atoms with E-state index in [0.29, 0.717) is 6.04 Å². The zero-order chi connectivity index (χ0) is 14.8. The lowest BCUT2D eigenvalue weighted by molar-refractivity contribution is -0.0553. The Morgan fingerprint density at radius 1 is 1.35 bits per heavy atom. The Labute approximate surface area is 122 Å². The van der Waals surface area contributed by atoms with Crippen molar-refractivity contribution in [1.29, 1.82) is 0 Å². The van der Waals surface area contributed by atoms with Crippen molar-refractivity contribution in [2.45, 2.75) is 65.2 Å². The van der Waals surface area contributed by atoms with Gasteiger partial charge in [-0.05, 0) is 71.2 Å². The monoisotopic (exact) mass is 277 g/mol. The highest BCUT2D eigenvalue weighted by Gasteiger charge is 2.28. The van der Waals surface area contributed by atoms with Crippen molar-refractivity contribution in [1.82, 2.24) is 0 Å². The molecule has 1 saturated heterocycles. The van der Waals surface area contributed by atoms with Crippen molar-refractivity contribution >= 4 is 5.69 Å². The summed E-state index contributed by atoms with van der Waals surface area (Å²) in [5, 5.41) is 3.65. The third-order valence-corrected chi connectivity index (χ3v) is 3.63. The summed E-state index contributed by atoms with van der Waals surface area (Å²) in [5.41, 5.74) is 2.40. The first-order chi connectivity index (χ1) is 9.35. The van der Waals surface area contributed by atoms with Gasteiger partial charge in [-0.2, -0.15) is 0 Å². The second-order valence-electron chi connectivity index (χ2n) is 6.59. The second kappa shape index (κ2) is 6.04. The minimum Gasteiger partial charge on any atom is -0.491 e. The van der Waals surface area contributed by atoms with Gasteiger partial charge in [0.25, 0.3) is 0 Å². The second-order valence-corrected chi connectivity index (χ2v) is 6.59. The van der Waals surface area contributed by atoms with Crippen LogP contribution in [0.3, 0.4) is 0 Å². The Bertz CT molecular complexity index is 454. The summed E-state index contributed by atoms with van der Waals surface area (Å²) in [6.07, 6.45) is 2.31. The van der Waals surface area contributed by atoms with Crippen molar-refractivity contribution < 1.29 is 9.47 Å². The van der Waals surface area contributed by atoms with Crippen molar-refractivity contribution in [2.24, 2.45) is 0 Å². The summed E-state index contributed by atoms with van der Waals surface area (Å²) >= 11 is 0. The first-order valence-corrected chi connectivity index (χ1v) is 7.53. The molecule has 3 heteroatoms. The van der Waals surface area contributed by atoms with Crippen molar-refractivity contribution in [3.8, 4) is 5.75 Å². The molecule has 1 heterocycles. The predicted molar refractivity (Wildman–Crippen MR) is 83.6 cm³/mol. The minimum absolute atomic E-state index is 0.0233. The Morgan fingerprint density at radius 2 is 2.10 bits per heavy atom. The van der Waals surface area contributed by atoms with Gasteiger partial charge in [-0.1, -0.05) is 0 Å². The van der Waals surface area contributed by atoms with Crippen LogP contribution in [0.1, 0.15) is 46.1 Å². The molecule has 1 atom stereocenters. The zero-order valence-electron chi connectivity index (χ0n) is 13.3. The highest BCUT2D eigenvalue weighted by Crippen LogP contribution is 2.28. The maximum absolute atomic E-state index is 5.77. The van der Waals surface area contributed by atoms with E-state index in [1.807, 2.05) is 19.9 Å². The van der Waals surface area contributed by atoms with E-state index in [1.165, 1.54) is 11.3 Å². The lowest BCUT2D eigenvalue weighted by Gasteiger charge is -2.36. The highest BCUT2D eigenvalue weighted by molar-refractivity contribution is 5.54. The number of anilines is 1. The van der Waals surface area contributed by atoms with Crippen LogP contribution in [0, 0.1) is 6.92 Å². The normalized spacial score (nSPS) is 21.8. The van der Waals surface area contributed by atoms with E-state index in [0.717, 1.165) is 25.2 Å². The number of nitrogens with one attached hydrogen (secondary N) is 1. The molecule has 1 aliphatic heterocycles. The van der Waals surface area contributed by atoms with Gasteiger partial charge in [0, 0.05) is 18.3 Å². The number of benzene rings is 1. The fourth-order valence-corrected chi connectivity index (χ4v) is 2.72.